The average Bonchev–Trinajstić information content (AvgIpc) is 2.47. The fraction of sp³-hybridized carbons (Fsp3) is 0.647. The summed E-state index contributed by atoms with van der Waals surface area (Å²) in [5, 5.41) is 0. The van der Waals surface area contributed by atoms with E-state index in [1.807, 2.05) is 18.2 Å². The Morgan fingerprint density at radius 2 is 1.90 bits per heavy atom. The van der Waals surface area contributed by atoms with Crippen molar-refractivity contribution in [3.8, 4) is 5.75 Å². The van der Waals surface area contributed by atoms with E-state index < -0.39 is 0 Å². The van der Waals surface area contributed by atoms with E-state index in [1.165, 1.54) is 25.8 Å². The predicted octanol–water partition coefficient (Wildman–Crippen LogP) is 3.86. The fourth-order valence-electron chi connectivity index (χ4n) is 2.31. The van der Waals surface area contributed by atoms with Gasteiger partial charge < -0.3 is 4.74 Å². The minimum atomic E-state index is 0.738. The maximum atomic E-state index is 5.92. The van der Waals surface area contributed by atoms with Gasteiger partial charge in [-0.2, -0.15) is 0 Å². The molecule has 1 N–H and O–H groups in total. The van der Waals surface area contributed by atoms with Crippen molar-refractivity contribution in [2.24, 2.45) is 0 Å². The molecule has 0 saturated carbocycles. The number of nitrogens with one attached hydrogen (secondary N) is 1. The number of benzene rings is 1. The number of unbranched alkanes of at least 4 members (excludes halogenated alkanes) is 1. The molecule has 0 spiro atoms. The molecule has 120 valence electrons. The second-order valence-electron chi connectivity index (χ2n) is 5.33. The van der Waals surface area contributed by atoms with Crippen LogP contribution in [-0.4, -0.2) is 38.3 Å². The Bertz CT molecular complexity index is 396. The Morgan fingerprint density at radius 3 is 2.52 bits per heavy atom. The van der Waals surface area contributed by atoms with Gasteiger partial charge in [-0.25, -0.2) is 0 Å². The molecule has 0 fully saturated rings. The van der Waals surface area contributed by atoms with Crippen LogP contribution in [0.2, 0.25) is 0 Å². The molecule has 4 nitrogen and oxygen atoms in total. The van der Waals surface area contributed by atoms with Crippen molar-refractivity contribution < 1.29 is 9.57 Å². The van der Waals surface area contributed by atoms with Crippen LogP contribution in [0.3, 0.4) is 0 Å². The molecule has 0 heterocycles. The highest BCUT2D eigenvalue weighted by atomic mass is 16.6. The maximum absolute atomic E-state index is 5.92. The van der Waals surface area contributed by atoms with Crippen LogP contribution in [0, 0.1) is 6.92 Å². The van der Waals surface area contributed by atoms with E-state index in [1.54, 1.807) is 7.11 Å². The zero-order chi connectivity index (χ0) is 15.5. The molecular weight excluding hydrogens is 264 g/mol. The smallest absolute Gasteiger partial charge is 0.122 e. The molecule has 0 radical (unpaired) electrons. The first kappa shape index (κ1) is 17.8. The normalized spacial score (nSPS) is 10.9. The number of nitrogens with zero attached hydrogens (tertiary/aromatic N) is 1. The Hall–Kier alpha value is -1.26. The summed E-state index contributed by atoms with van der Waals surface area (Å²) in [6, 6.07) is 5.99. The number of hydrogen-bond acceptors (Lipinski definition) is 4. The predicted molar refractivity (Wildman–Crippen MR) is 88.9 cm³/mol. The lowest BCUT2D eigenvalue weighted by Gasteiger charge is -2.21. The first-order chi connectivity index (χ1) is 10.2. The molecule has 0 unspecified atom stereocenters. The number of aryl methyl sites for hydroxylation is 1. The molecule has 1 aromatic carbocycles. The van der Waals surface area contributed by atoms with Crippen molar-refractivity contribution >= 4 is 5.69 Å². The van der Waals surface area contributed by atoms with Crippen LogP contribution in [0.15, 0.2) is 18.2 Å². The van der Waals surface area contributed by atoms with Crippen LogP contribution in [0.4, 0.5) is 5.69 Å². The molecule has 0 aliphatic rings. The molecule has 0 aliphatic carbocycles. The van der Waals surface area contributed by atoms with Gasteiger partial charge in [0.2, 0.25) is 0 Å². The second-order valence-corrected chi connectivity index (χ2v) is 5.33. The summed E-state index contributed by atoms with van der Waals surface area (Å²) in [4.78, 5) is 7.39. The van der Waals surface area contributed by atoms with E-state index in [0.717, 1.165) is 36.7 Å². The maximum Gasteiger partial charge on any atom is 0.122 e. The van der Waals surface area contributed by atoms with Gasteiger partial charge in [-0.1, -0.05) is 20.3 Å². The third kappa shape index (κ3) is 6.82. The Balaban J connectivity index is 2.42. The van der Waals surface area contributed by atoms with Crippen LogP contribution in [0.1, 0.15) is 38.7 Å². The summed E-state index contributed by atoms with van der Waals surface area (Å²) >= 11 is 0. The highest BCUT2D eigenvalue weighted by Gasteiger charge is 2.05. The van der Waals surface area contributed by atoms with Crippen LogP contribution in [0.5, 0.6) is 5.75 Å². The van der Waals surface area contributed by atoms with Gasteiger partial charge in [0.15, 0.2) is 0 Å². The lowest BCUT2D eigenvalue weighted by atomic mass is 10.2. The van der Waals surface area contributed by atoms with Crippen molar-refractivity contribution in [2.45, 2.75) is 40.0 Å². The zero-order valence-electron chi connectivity index (χ0n) is 13.9. The SMILES string of the molecule is CCCCN(CCC)CCOc1ccc(NOC)cc1C. The van der Waals surface area contributed by atoms with E-state index in [4.69, 9.17) is 9.57 Å². The van der Waals surface area contributed by atoms with Crippen molar-refractivity contribution in [2.75, 3.05) is 38.8 Å². The summed E-state index contributed by atoms with van der Waals surface area (Å²) in [7, 11) is 1.61. The zero-order valence-corrected chi connectivity index (χ0v) is 13.9. The molecule has 0 saturated heterocycles. The van der Waals surface area contributed by atoms with Crippen LogP contribution < -0.4 is 10.2 Å². The van der Waals surface area contributed by atoms with Crippen LogP contribution in [0.25, 0.3) is 0 Å². The van der Waals surface area contributed by atoms with Gasteiger partial charge in [-0.3, -0.25) is 15.2 Å². The lowest BCUT2D eigenvalue weighted by molar-refractivity contribution is 0.206. The van der Waals surface area contributed by atoms with Crippen LogP contribution in [-0.2, 0) is 4.84 Å². The number of rotatable bonds is 11. The van der Waals surface area contributed by atoms with Crippen molar-refractivity contribution in [1.82, 2.24) is 4.90 Å². The standard InChI is InChI=1S/C17H30N2O2/c1-5-7-11-19(10-6-2)12-13-21-17-9-8-16(18-20-4)14-15(17)3/h8-9,14,18H,5-7,10-13H2,1-4H3. The monoisotopic (exact) mass is 294 g/mol. The van der Waals surface area contributed by atoms with Crippen LogP contribution >= 0.6 is 0 Å². The van der Waals surface area contributed by atoms with E-state index in [0.29, 0.717) is 0 Å². The highest BCUT2D eigenvalue weighted by molar-refractivity contribution is 5.49. The first-order valence-electron chi connectivity index (χ1n) is 7.96. The molecule has 4 heteroatoms. The molecule has 0 bridgehead atoms. The largest absolute Gasteiger partial charge is 0.492 e. The molecule has 1 rings (SSSR count). The van der Waals surface area contributed by atoms with E-state index in [-0.39, 0.29) is 0 Å². The van der Waals surface area contributed by atoms with Gasteiger partial charge in [-0.15, -0.1) is 0 Å². The quantitative estimate of drug-likeness (QED) is 0.628. The highest BCUT2D eigenvalue weighted by Crippen LogP contribution is 2.21. The van der Waals surface area contributed by atoms with E-state index in [2.05, 4.69) is 31.2 Å². The topological polar surface area (TPSA) is 33.7 Å². The van der Waals surface area contributed by atoms with Crippen molar-refractivity contribution in [3.63, 3.8) is 0 Å². The van der Waals surface area contributed by atoms with Gasteiger partial charge in [0.05, 0.1) is 12.8 Å². The van der Waals surface area contributed by atoms with Gasteiger partial charge in [0.1, 0.15) is 12.4 Å². The van der Waals surface area contributed by atoms with Gasteiger partial charge in [0.25, 0.3) is 0 Å². The third-order valence-electron chi connectivity index (χ3n) is 3.43. The van der Waals surface area contributed by atoms with Gasteiger partial charge in [-0.05, 0) is 56.6 Å². The molecule has 0 atom stereocenters. The minimum Gasteiger partial charge on any atom is -0.492 e. The fourth-order valence-corrected chi connectivity index (χ4v) is 2.31. The Kier molecular flexibility index (Phi) is 8.87. The van der Waals surface area contributed by atoms with Gasteiger partial charge in [0, 0.05) is 6.54 Å². The second kappa shape index (κ2) is 10.5. The molecule has 0 amide bonds. The summed E-state index contributed by atoms with van der Waals surface area (Å²) < 4.78 is 5.92. The summed E-state index contributed by atoms with van der Waals surface area (Å²) in [5.41, 5.74) is 4.89. The summed E-state index contributed by atoms with van der Waals surface area (Å²) in [6.07, 6.45) is 3.70. The number of ether oxygens (including phenoxy) is 1. The summed E-state index contributed by atoms with van der Waals surface area (Å²) in [5.74, 6) is 0.948. The third-order valence-corrected chi connectivity index (χ3v) is 3.43. The molecule has 0 aromatic heterocycles. The number of hydrogen-bond donors (Lipinski definition) is 1. The molecule has 0 aliphatic heterocycles. The Labute approximate surface area is 129 Å². The van der Waals surface area contributed by atoms with Crippen molar-refractivity contribution in [3.05, 3.63) is 23.8 Å². The van der Waals surface area contributed by atoms with E-state index in [9.17, 15) is 0 Å². The molecule has 21 heavy (non-hydrogen) atoms. The number of anilines is 1. The first-order valence-corrected chi connectivity index (χ1v) is 7.96. The van der Waals surface area contributed by atoms with Crippen molar-refractivity contribution in [1.29, 1.82) is 0 Å². The minimum absolute atomic E-state index is 0.738. The average molecular weight is 294 g/mol. The van der Waals surface area contributed by atoms with E-state index >= 15 is 0 Å². The summed E-state index contributed by atoms with van der Waals surface area (Å²) in [6.45, 7) is 10.6. The lowest BCUT2D eigenvalue weighted by Crippen LogP contribution is -2.30. The molecule has 1 aromatic rings. The van der Waals surface area contributed by atoms with Gasteiger partial charge >= 0.3 is 0 Å². The Morgan fingerprint density at radius 1 is 1.10 bits per heavy atom. The molecular formula is C17H30N2O2.